The SMILES string of the molecule is COCc1c(C(=O)Nc2cccc(F)c2)nnn1-c1cccc(C)c1. The van der Waals surface area contributed by atoms with Crippen LogP contribution in [0.4, 0.5) is 10.1 Å². The van der Waals surface area contributed by atoms with Crippen LogP contribution in [0.1, 0.15) is 21.7 Å². The van der Waals surface area contributed by atoms with E-state index in [-0.39, 0.29) is 12.3 Å². The number of nitrogens with zero attached hydrogens (tertiary/aromatic N) is 3. The van der Waals surface area contributed by atoms with Crippen LogP contribution in [0.25, 0.3) is 5.69 Å². The zero-order chi connectivity index (χ0) is 17.8. The Morgan fingerprint density at radius 3 is 2.76 bits per heavy atom. The van der Waals surface area contributed by atoms with Crippen molar-refractivity contribution >= 4 is 11.6 Å². The van der Waals surface area contributed by atoms with E-state index in [0.717, 1.165) is 11.3 Å². The fourth-order valence-corrected chi connectivity index (χ4v) is 2.47. The van der Waals surface area contributed by atoms with Gasteiger partial charge in [0.15, 0.2) is 5.69 Å². The van der Waals surface area contributed by atoms with Crippen molar-refractivity contribution in [3.63, 3.8) is 0 Å². The number of rotatable bonds is 5. The lowest BCUT2D eigenvalue weighted by Gasteiger charge is -2.08. The van der Waals surface area contributed by atoms with Gasteiger partial charge >= 0.3 is 0 Å². The van der Waals surface area contributed by atoms with E-state index in [0.29, 0.717) is 11.4 Å². The third kappa shape index (κ3) is 3.72. The third-order valence-electron chi connectivity index (χ3n) is 3.59. The lowest BCUT2D eigenvalue weighted by Crippen LogP contribution is -2.16. The first-order valence-corrected chi connectivity index (χ1v) is 7.66. The summed E-state index contributed by atoms with van der Waals surface area (Å²) in [5.41, 5.74) is 2.83. The molecule has 0 bridgehead atoms. The minimum Gasteiger partial charge on any atom is -0.378 e. The molecule has 128 valence electrons. The molecule has 1 aromatic heterocycles. The molecule has 0 unspecified atom stereocenters. The summed E-state index contributed by atoms with van der Waals surface area (Å²) < 4.78 is 20.0. The van der Waals surface area contributed by atoms with E-state index in [1.54, 1.807) is 10.7 Å². The Balaban J connectivity index is 1.95. The summed E-state index contributed by atoms with van der Waals surface area (Å²) in [5.74, 6) is -0.908. The highest BCUT2D eigenvalue weighted by molar-refractivity contribution is 6.03. The van der Waals surface area contributed by atoms with Gasteiger partial charge in [-0.25, -0.2) is 9.07 Å². The van der Waals surface area contributed by atoms with Gasteiger partial charge in [0, 0.05) is 12.8 Å². The second-order valence-corrected chi connectivity index (χ2v) is 5.53. The van der Waals surface area contributed by atoms with E-state index in [9.17, 15) is 9.18 Å². The molecule has 1 heterocycles. The minimum absolute atomic E-state index is 0.132. The van der Waals surface area contributed by atoms with Gasteiger partial charge in [-0.15, -0.1) is 5.10 Å². The van der Waals surface area contributed by atoms with Crippen LogP contribution >= 0.6 is 0 Å². The first-order chi connectivity index (χ1) is 12.1. The Morgan fingerprint density at radius 2 is 2.04 bits per heavy atom. The summed E-state index contributed by atoms with van der Waals surface area (Å²) in [4.78, 5) is 12.5. The maximum atomic E-state index is 13.3. The average Bonchev–Trinajstić information content (AvgIpc) is 2.99. The van der Waals surface area contributed by atoms with Crippen LogP contribution < -0.4 is 5.32 Å². The van der Waals surface area contributed by atoms with Gasteiger partial charge in [0.05, 0.1) is 12.3 Å². The second kappa shape index (κ2) is 7.23. The number of carbonyl (C=O) groups is 1. The summed E-state index contributed by atoms with van der Waals surface area (Å²) in [6, 6.07) is 13.3. The number of amides is 1. The number of nitrogens with one attached hydrogen (secondary N) is 1. The standard InChI is InChI=1S/C18H17FN4O2/c1-12-5-3-8-15(9-12)23-16(11-25-2)17(21-22-23)18(24)20-14-7-4-6-13(19)10-14/h3-10H,11H2,1-2H3,(H,20,24). The van der Waals surface area contributed by atoms with Crippen molar-refractivity contribution in [2.75, 3.05) is 12.4 Å². The molecule has 2 aromatic carbocycles. The number of hydrogen-bond acceptors (Lipinski definition) is 4. The summed E-state index contributed by atoms with van der Waals surface area (Å²) in [6.07, 6.45) is 0. The van der Waals surface area contributed by atoms with Crippen molar-refractivity contribution in [2.45, 2.75) is 13.5 Å². The van der Waals surface area contributed by atoms with E-state index < -0.39 is 11.7 Å². The predicted molar refractivity (Wildman–Crippen MR) is 91.2 cm³/mol. The van der Waals surface area contributed by atoms with E-state index in [1.165, 1.54) is 25.3 Å². The smallest absolute Gasteiger partial charge is 0.278 e. The molecular weight excluding hydrogens is 323 g/mol. The summed E-state index contributed by atoms with van der Waals surface area (Å²) in [7, 11) is 1.53. The van der Waals surface area contributed by atoms with Crippen molar-refractivity contribution < 1.29 is 13.9 Å². The molecule has 25 heavy (non-hydrogen) atoms. The van der Waals surface area contributed by atoms with Crippen LogP contribution in [-0.4, -0.2) is 28.0 Å². The first-order valence-electron chi connectivity index (χ1n) is 7.66. The van der Waals surface area contributed by atoms with Crippen molar-refractivity contribution in [3.05, 3.63) is 71.3 Å². The number of hydrogen-bond donors (Lipinski definition) is 1. The van der Waals surface area contributed by atoms with Gasteiger partial charge in [-0.3, -0.25) is 4.79 Å². The summed E-state index contributed by atoms with van der Waals surface area (Å²) >= 11 is 0. The molecule has 0 fully saturated rings. The Kier molecular flexibility index (Phi) is 4.85. The Bertz CT molecular complexity index is 908. The Labute approximate surface area is 144 Å². The fourth-order valence-electron chi connectivity index (χ4n) is 2.47. The predicted octanol–water partition coefficient (Wildman–Crippen LogP) is 3.11. The largest absolute Gasteiger partial charge is 0.378 e. The second-order valence-electron chi connectivity index (χ2n) is 5.53. The molecule has 0 radical (unpaired) electrons. The van der Waals surface area contributed by atoms with Gasteiger partial charge in [0.2, 0.25) is 0 Å². The molecule has 0 aliphatic rings. The van der Waals surface area contributed by atoms with Gasteiger partial charge in [0.25, 0.3) is 5.91 Å². The van der Waals surface area contributed by atoms with Gasteiger partial charge in [0.1, 0.15) is 11.5 Å². The normalized spacial score (nSPS) is 10.7. The molecule has 1 N–H and O–H groups in total. The fraction of sp³-hybridized carbons (Fsp3) is 0.167. The van der Waals surface area contributed by atoms with Crippen molar-refractivity contribution in [2.24, 2.45) is 0 Å². The summed E-state index contributed by atoms with van der Waals surface area (Å²) in [6.45, 7) is 2.13. The third-order valence-corrected chi connectivity index (χ3v) is 3.59. The van der Waals surface area contributed by atoms with Gasteiger partial charge in [-0.2, -0.15) is 0 Å². The maximum Gasteiger partial charge on any atom is 0.278 e. The molecule has 0 spiro atoms. The van der Waals surface area contributed by atoms with Gasteiger partial charge < -0.3 is 10.1 Å². The Hall–Kier alpha value is -3.06. The summed E-state index contributed by atoms with van der Waals surface area (Å²) in [5, 5.41) is 10.7. The van der Waals surface area contributed by atoms with Crippen molar-refractivity contribution in [1.29, 1.82) is 0 Å². The molecule has 0 saturated carbocycles. The van der Waals surface area contributed by atoms with Crippen LogP contribution in [0.3, 0.4) is 0 Å². The number of aromatic nitrogens is 3. The first kappa shape index (κ1) is 16.8. The quantitative estimate of drug-likeness (QED) is 0.775. The van der Waals surface area contributed by atoms with Crippen LogP contribution in [0.2, 0.25) is 0 Å². The highest BCUT2D eigenvalue weighted by atomic mass is 19.1. The molecule has 0 saturated heterocycles. The Morgan fingerprint density at radius 1 is 1.24 bits per heavy atom. The topological polar surface area (TPSA) is 69.0 Å². The monoisotopic (exact) mass is 340 g/mol. The molecule has 1 amide bonds. The molecule has 0 aliphatic carbocycles. The number of carbonyl (C=O) groups excluding carboxylic acids is 1. The number of anilines is 1. The highest BCUT2D eigenvalue weighted by Crippen LogP contribution is 2.17. The molecule has 0 aliphatic heterocycles. The number of methoxy groups -OCH3 is 1. The highest BCUT2D eigenvalue weighted by Gasteiger charge is 2.21. The van der Waals surface area contributed by atoms with Crippen LogP contribution in [0, 0.1) is 12.7 Å². The maximum absolute atomic E-state index is 13.3. The van der Waals surface area contributed by atoms with Crippen LogP contribution in [0.5, 0.6) is 0 Å². The van der Waals surface area contributed by atoms with Crippen molar-refractivity contribution in [1.82, 2.24) is 15.0 Å². The van der Waals surface area contributed by atoms with Gasteiger partial charge in [-0.1, -0.05) is 23.4 Å². The van der Waals surface area contributed by atoms with Crippen molar-refractivity contribution in [3.8, 4) is 5.69 Å². The molecule has 0 atom stereocenters. The van der Waals surface area contributed by atoms with Gasteiger partial charge in [-0.05, 0) is 42.8 Å². The lowest BCUT2D eigenvalue weighted by molar-refractivity contribution is 0.101. The van der Waals surface area contributed by atoms with Crippen LogP contribution in [-0.2, 0) is 11.3 Å². The minimum atomic E-state index is -0.475. The molecule has 3 aromatic rings. The molecular formula is C18H17FN4O2. The number of aryl methyl sites for hydroxylation is 1. The number of halogens is 1. The zero-order valence-corrected chi connectivity index (χ0v) is 13.9. The zero-order valence-electron chi connectivity index (χ0n) is 13.9. The number of ether oxygens (including phenoxy) is 1. The lowest BCUT2D eigenvalue weighted by atomic mass is 10.2. The van der Waals surface area contributed by atoms with E-state index in [1.807, 2.05) is 31.2 Å². The van der Waals surface area contributed by atoms with E-state index in [4.69, 9.17) is 4.74 Å². The molecule has 6 nitrogen and oxygen atoms in total. The van der Waals surface area contributed by atoms with E-state index in [2.05, 4.69) is 15.6 Å². The van der Waals surface area contributed by atoms with E-state index >= 15 is 0 Å². The average molecular weight is 340 g/mol. The number of benzene rings is 2. The molecule has 3 rings (SSSR count). The van der Waals surface area contributed by atoms with Crippen LogP contribution in [0.15, 0.2) is 48.5 Å². The molecule has 7 heteroatoms.